The van der Waals surface area contributed by atoms with E-state index >= 15 is 0 Å². The monoisotopic (exact) mass is 319 g/mol. The van der Waals surface area contributed by atoms with E-state index in [0.717, 1.165) is 22.4 Å². The molecule has 1 N–H and O–H groups in total. The summed E-state index contributed by atoms with van der Waals surface area (Å²) in [5.74, 6) is 2.33. The summed E-state index contributed by atoms with van der Waals surface area (Å²) in [7, 11) is 0. The normalized spacial score (nSPS) is 15.3. The van der Waals surface area contributed by atoms with Crippen molar-refractivity contribution < 1.29 is 4.74 Å². The fourth-order valence-corrected chi connectivity index (χ4v) is 3.19. The molecule has 1 aliphatic carbocycles. The number of hydrogen-bond donors (Lipinski definition) is 1. The maximum absolute atomic E-state index is 5.90. The smallest absolute Gasteiger partial charge is 0.223 e. The number of fused-ring (bicyclic) bond motifs is 1. The average molecular weight is 319 g/mol. The first-order valence-corrected chi connectivity index (χ1v) is 8.63. The van der Waals surface area contributed by atoms with Gasteiger partial charge in [0.1, 0.15) is 11.5 Å². The van der Waals surface area contributed by atoms with Crippen molar-refractivity contribution in [2.24, 2.45) is 0 Å². The van der Waals surface area contributed by atoms with E-state index in [0.29, 0.717) is 12.0 Å². The first-order valence-electron chi connectivity index (χ1n) is 8.63. The summed E-state index contributed by atoms with van der Waals surface area (Å²) in [5.41, 5.74) is 0.900. The van der Waals surface area contributed by atoms with Gasteiger partial charge in [0.05, 0.1) is 5.52 Å². The molecule has 0 spiro atoms. The van der Waals surface area contributed by atoms with Crippen LogP contribution >= 0.6 is 0 Å². The second-order valence-corrected chi connectivity index (χ2v) is 6.31. The molecule has 0 amide bonds. The van der Waals surface area contributed by atoms with Gasteiger partial charge in [-0.15, -0.1) is 0 Å². The largest absolute Gasteiger partial charge is 0.457 e. The third-order valence-corrected chi connectivity index (χ3v) is 4.47. The first kappa shape index (κ1) is 14.9. The van der Waals surface area contributed by atoms with Crippen molar-refractivity contribution in [2.75, 3.05) is 5.32 Å². The third kappa shape index (κ3) is 3.48. The Bertz CT molecular complexity index is 813. The highest BCUT2D eigenvalue weighted by Gasteiger charge is 2.14. The molecule has 24 heavy (non-hydrogen) atoms. The van der Waals surface area contributed by atoms with Gasteiger partial charge in [0.2, 0.25) is 5.95 Å². The van der Waals surface area contributed by atoms with Crippen LogP contribution in [0.3, 0.4) is 0 Å². The molecular weight excluding hydrogens is 298 g/mol. The summed E-state index contributed by atoms with van der Waals surface area (Å²) in [4.78, 5) is 9.12. The number of para-hydroxylation sites is 1. The van der Waals surface area contributed by atoms with Crippen LogP contribution in [0.15, 0.2) is 54.7 Å². The molecule has 0 aliphatic heterocycles. The minimum Gasteiger partial charge on any atom is -0.457 e. The van der Waals surface area contributed by atoms with Gasteiger partial charge in [-0.1, -0.05) is 37.5 Å². The van der Waals surface area contributed by atoms with E-state index in [1.54, 1.807) is 0 Å². The number of nitrogens with one attached hydrogen (secondary N) is 1. The molecule has 0 radical (unpaired) electrons. The molecule has 2 aromatic carbocycles. The molecule has 1 fully saturated rings. The lowest BCUT2D eigenvalue weighted by Gasteiger charge is -2.22. The van der Waals surface area contributed by atoms with Gasteiger partial charge in [0, 0.05) is 23.7 Å². The maximum Gasteiger partial charge on any atom is 0.223 e. The van der Waals surface area contributed by atoms with Gasteiger partial charge in [-0.05, 0) is 37.1 Å². The molecule has 0 atom stereocenters. The molecule has 1 saturated carbocycles. The Balaban J connectivity index is 1.55. The van der Waals surface area contributed by atoms with Crippen molar-refractivity contribution in [3.8, 4) is 11.5 Å². The Morgan fingerprint density at radius 2 is 1.75 bits per heavy atom. The fourth-order valence-electron chi connectivity index (χ4n) is 3.19. The second-order valence-electron chi connectivity index (χ2n) is 6.31. The molecule has 1 aromatic heterocycles. The van der Waals surface area contributed by atoms with E-state index in [9.17, 15) is 0 Å². The van der Waals surface area contributed by atoms with E-state index in [-0.39, 0.29) is 0 Å². The van der Waals surface area contributed by atoms with Crippen molar-refractivity contribution in [3.05, 3.63) is 54.7 Å². The number of hydrogen-bond acceptors (Lipinski definition) is 4. The Morgan fingerprint density at radius 3 is 2.58 bits per heavy atom. The van der Waals surface area contributed by atoms with Crippen LogP contribution in [-0.4, -0.2) is 16.0 Å². The minimum absolute atomic E-state index is 0.500. The first-order chi connectivity index (χ1) is 11.9. The Morgan fingerprint density at radius 1 is 0.917 bits per heavy atom. The highest BCUT2D eigenvalue weighted by atomic mass is 16.5. The quantitative estimate of drug-likeness (QED) is 0.721. The van der Waals surface area contributed by atoms with Gasteiger partial charge in [-0.2, -0.15) is 0 Å². The zero-order valence-electron chi connectivity index (χ0n) is 13.6. The lowest BCUT2D eigenvalue weighted by atomic mass is 9.96. The second kappa shape index (κ2) is 6.87. The molecule has 4 heteroatoms. The fraction of sp³-hybridized carbons (Fsp3) is 0.300. The number of anilines is 1. The lowest BCUT2D eigenvalue weighted by molar-refractivity contribution is 0.461. The zero-order valence-corrected chi connectivity index (χ0v) is 13.6. The molecular formula is C20H21N3O. The molecule has 3 aromatic rings. The number of ether oxygens (including phenoxy) is 1. The molecule has 0 unspecified atom stereocenters. The van der Waals surface area contributed by atoms with Crippen LogP contribution in [0.2, 0.25) is 0 Å². The van der Waals surface area contributed by atoms with Crippen molar-refractivity contribution in [2.45, 2.75) is 38.1 Å². The van der Waals surface area contributed by atoms with E-state index in [2.05, 4.69) is 15.3 Å². The SMILES string of the molecule is c1ccc(Oc2ccc3cnc(NC4CCCCC4)nc3c2)cc1. The Hall–Kier alpha value is -2.62. The van der Waals surface area contributed by atoms with E-state index in [4.69, 9.17) is 4.74 Å². The van der Waals surface area contributed by atoms with Crippen molar-refractivity contribution in [1.29, 1.82) is 0 Å². The highest BCUT2D eigenvalue weighted by Crippen LogP contribution is 2.26. The maximum atomic E-state index is 5.90. The van der Waals surface area contributed by atoms with Crippen molar-refractivity contribution in [1.82, 2.24) is 9.97 Å². The van der Waals surface area contributed by atoms with Gasteiger partial charge in [0.15, 0.2) is 0 Å². The molecule has 0 bridgehead atoms. The van der Waals surface area contributed by atoms with Crippen LogP contribution in [0.5, 0.6) is 11.5 Å². The predicted octanol–water partition coefficient (Wildman–Crippen LogP) is 5.17. The number of nitrogens with zero attached hydrogens (tertiary/aromatic N) is 2. The van der Waals surface area contributed by atoms with Crippen LogP contribution in [0, 0.1) is 0 Å². The summed E-state index contributed by atoms with van der Waals surface area (Å²) in [6.07, 6.45) is 8.22. The van der Waals surface area contributed by atoms with Gasteiger partial charge in [0.25, 0.3) is 0 Å². The van der Waals surface area contributed by atoms with Crippen LogP contribution < -0.4 is 10.1 Å². The molecule has 1 heterocycles. The summed E-state index contributed by atoms with van der Waals surface area (Å²) in [6.45, 7) is 0. The van der Waals surface area contributed by atoms with Crippen LogP contribution in [0.4, 0.5) is 5.95 Å². The van der Waals surface area contributed by atoms with Gasteiger partial charge < -0.3 is 10.1 Å². The Labute approximate surface area is 141 Å². The molecule has 4 nitrogen and oxygen atoms in total. The standard InChI is InChI=1S/C20H21N3O/c1-3-7-16(8-4-1)22-20-21-14-15-11-12-18(13-19(15)23-20)24-17-9-5-2-6-10-17/h2,5-6,9-14,16H,1,3-4,7-8H2,(H,21,22,23). The zero-order chi connectivity index (χ0) is 16.2. The van der Waals surface area contributed by atoms with Crippen LogP contribution in [0.25, 0.3) is 10.9 Å². The van der Waals surface area contributed by atoms with Crippen molar-refractivity contribution >= 4 is 16.9 Å². The molecule has 1 aliphatic rings. The number of benzene rings is 2. The Kier molecular flexibility index (Phi) is 4.28. The van der Waals surface area contributed by atoms with E-state index < -0.39 is 0 Å². The van der Waals surface area contributed by atoms with Gasteiger partial charge in [-0.3, -0.25) is 0 Å². The molecule has 4 rings (SSSR count). The summed E-state index contributed by atoms with van der Waals surface area (Å²) in [5, 5.41) is 4.50. The summed E-state index contributed by atoms with van der Waals surface area (Å²) in [6, 6.07) is 16.2. The molecule has 0 saturated heterocycles. The summed E-state index contributed by atoms with van der Waals surface area (Å²) >= 11 is 0. The number of rotatable bonds is 4. The molecule has 122 valence electrons. The predicted molar refractivity (Wildman–Crippen MR) is 96.5 cm³/mol. The van der Waals surface area contributed by atoms with Crippen LogP contribution in [0.1, 0.15) is 32.1 Å². The van der Waals surface area contributed by atoms with E-state index in [1.165, 1.54) is 32.1 Å². The van der Waals surface area contributed by atoms with E-state index in [1.807, 2.05) is 54.7 Å². The average Bonchev–Trinajstić information content (AvgIpc) is 2.63. The lowest BCUT2D eigenvalue weighted by Crippen LogP contribution is -2.23. The minimum atomic E-state index is 0.500. The van der Waals surface area contributed by atoms with Gasteiger partial charge in [-0.25, -0.2) is 9.97 Å². The third-order valence-electron chi connectivity index (χ3n) is 4.47. The van der Waals surface area contributed by atoms with Crippen molar-refractivity contribution in [3.63, 3.8) is 0 Å². The summed E-state index contributed by atoms with van der Waals surface area (Å²) < 4.78 is 5.90. The topological polar surface area (TPSA) is 47.0 Å². The number of aromatic nitrogens is 2. The van der Waals surface area contributed by atoms with Crippen LogP contribution in [-0.2, 0) is 0 Å². The van der Waals surface area contributed by atoms with Gasteiger partial charge >= 0.3 is 0 Å². The highest BCUT2D eigenvalue weighted by molar-refractivity contribution is 5.80.